The quantitative estimate of drug-likeness (QED) is 0.635. The Bertz CT molecular complexity index is 260. The first-order chi connectivity index (χ1) is 5.60. The van der Waals surface area contributed by atoms with Crippen LogP contribution in [0.4, 0.5) is 4.79 Å². The van der Waals surface area contributed by atoms with E-state index in [9.17, 15) is 4.79 Å². The maximum Gasteiger partial charge on any atom is 0.518 e. The van der Waals surface area contributed by atoms with Gasteiger partial charge in [-0.2, -0.15) is 9.28 Å². The number of likely N-dealkylation sites (N-methyl/N-ethyl adjacent to an activating group) is 1. The van der Waals surface area contributed by atoms with Crippen LogP contribution in [0.5, 0.6) is 0 Å². The maximum atomic E-state index is 10.9. The van der Waals surface area contributed by atoms with E-state index in [-0.39, 0.29) is 4.48 Å². The molecule has 1 heterocycles. The van der Waals surface area contributed by atoms with Gasteiger partial charge in [-0.15, -0.1) is 0 Å². The van der Waals surface area contributed by atoms with Gasteiger partial charge in [-0.25, -0.2) is 0 Å². The number of quaternary nitrogens is 1. The highest BCUT2D eigenvalue weighted by Gasteiger charge is 2.33. The molecular weight excluding hydrogens is 174 g/mol. The largest absolute Gasteiger partial charge is 0.518 e. The van der Waals surface area contributed by atoms with Crippen LogP contribution in [-0.2, 0) is 0 Å². The van der Waals surface area contributed by atoms with Gasteiger partial charge in [-0.3, -0.25) is 0 Å². The van der Waals surface area contributed by atoms with E-state index in [2.05, 4.69) is 0 Å². The summed E-state index contributed by atoms with van der Waals surface area (Å²) in [5.41, 5.74) is 0. The molecule has 0 saturated carbocycles. The minimum absolute atomic E-state index is 0.0415. The van der Waals surface area contributed by atoms with Crippen LogP contribution in [0.1, 0.15) is 6.92 Å². The van der Waals surface area contributed by atoms with Gasteiger partial charge in [0.15, 0.2) is 0 Å². The summed E-state index contributed by atoms with van der Waals surface area (Å²) in [6.45, 7) is 2.85. The normalized spacial score (nSPS) is 28.2. The fraction of sp³-hybridized carbons (Fsp3) is 0.375. The second-order valence-corrected chi connectivity index (χ2v) is 3.21. The van der Waals surface area contributed by atoms with Crippen molar-refractivity contribution in [2.24, 2.45) is 0 Å². The van der Waals surface area contributed by atoms with Gasteiger partial charge in [-0.05, 0) is 13.0 Å². The van der Waals surface area contributed by atoms with E-state index < -0.39 is 6.09 Å². The Morgan fingerprint density at radius 2 is 2.50 bits per heavy atom. The van der Waals surface area contributed by atoms with Crippen molar-refractivity contribution in [3.05, 3.63) is 23.3 Å². The first-order valence-corrected chi connectivity index (χ1v) is 4.18. The van der Waals surface area contributed by atoms with Crippen LogP contribution in [0.15, 0.2) is 23.3 Å². The number of carboxylic acid groups (broad SMARTS) is 1. The molecule has 1 radical (unpaired) electrons. The van der Waals surface area contributed by atoms with E-state index in [0.29, 0.717) is 13.1 Å². The molecule has 1 rings (SSSR count). The van der Waals surface area contributed by atoms with Crippen LogP contribution >= 0.6 is 12.6 Å². The Morgan fingerprint density at radius 3 is 2.83 bits per heavy atom. The molecule has 0 spiro atoms. The molecule has 4 heteroatoms. The SMILES string of the molecule is CC[N+]1(C(=O)O)C=CC([S])=CC1. The summed E-state index contributed by atoms with van der Waals surface area (Å²) >= 11 is 4.90. The van der Waals surface area contributed by atoms with Crippen molar-refractivity contribution in [2.45, 2.75) is 6.92 Å². The second-order valence-electron chi connectivity index (χ2n) is 2.74. The predicted molar refractivity (Wildman–Crippen MR) is 48.5 cm³/mol. The minimum atomic E-state index is -0.826. The van der Waals surface area contributed by atoms with Crippen molar-refractivity contribution in [1.29, 1.82) is 0 Å². The highest BCUT2D eigenvalue weighted by Crippen LogP contribution is 2.18. The zero-order valence-corrected chi connectivity index (χ0v) is 7.67. The highest BCUT2D eigenvalue weighted by atomic mass is 32.1. The van der Waals surface area contributed by atoms with E-state index in [0.717, 1.165) is 4.91 Å². The summed E-state index contributed by atoms with van der Waals surface area (Å²) in [5.74, 6) is 0. The molecule has 65 valence electrons. The summed E-state index contributed by atoms with van der Waals surface area (Å²) in [6.07, 6.45) is 4.26. The van der Waals surface area contributed by atoms with Crippen LogP contribution in [0.3, 0.4) is 0 Å². The number of carbonyl (C=O) groups is 1. The molecule has 0 aromatic carbocycles. The van der Waals surface area contributed by atoms with Crippen LogP contribution in [0, 0.1) is 0 Å². The molecule has 0 fully saturated rings. The van der Waals surface area contributed by atoms with Gasteiger partial charge < -0.3 is 5.11 Å². The smallest absolute Gasteiger partial charge is 0.435 e. The highest BCUT2D eigenvalue weighted by molar-refractivity contribution is 7.84. The Kier molecular flexibility index (Phi) is 2.49. The van der Waals surface area contributed by atoms with E-state index in [1.807, 2.05) is 6.92 Å². The fourth-order valence-electron chi connectivity index (χ4n) is 1.11. The molecule has 1 amide bonds. The molecular formula is C8H11NO2S+. The van der Waals surface area contributed by atoms with Crippen LogP contribution < -0.4 is 0 Å². The summed E-state index contributed by atoms with van der Waals surface area (Å²) in [7, 11) is 0. The number of hydrogen-bond acceptors (Lipinski definition) is 1. The summed E-state index contributed by atoms with van der Waals surface area (Å²) in [5, 5.41) is 8.93. The van der Waals surface area contributed by atoms with Crippen molar-refractivity contribution in [2.75, 3.05) is 13.1 Å². The molecule has 1 unspecified atom stereocenters. The number of nitrogens with zero attached hydrogens (tertiary/aromatic N) is 1. The lowest BCUT2D eigenvalue weighted by atomic mass is 10.3. The zero-order valence-electron chi connectivity index (χ0n) is 6.86. The van der Waals surface area contributed by atoms with Crippen molar-refractivity contribution in [3.8, 4) is 0 Å². The molecule has 0 aliphatic carbocycles. The number of amides is 1. The first kappa shape index (κ1) is 9.22. The standard InChI is InChI=1S/C8H10NO2S/c1-2-9(8(10)11)5-3-7(12)4-6-9/h3-5H,2,6H2,1H3/p+1. The maximum absolute atomic E-state index is 10.9. The van der Waals surface area contributed by atoms with Gasteiger partial charge in [0.25, 0.3) is 0 Å². The number of rotatable bonds is 1. The molecule has 12 heavy (non-hydrogen) atoms. The average Bonchev–Trinajstić information content (AvgIpc) is 2.06. The van der Waals surface area contributed by atoms with E-state index in [1.54, 1.807) is 18.4 Å². The summed E-state index contributed by atoms with van der Waals surface area (Å²) < 4.78 is -0.0415. The lowest BCUT2D eigenvalue weighted by Gasteiger charge is -2.27. The van der Waals surface area contributed by atoms with Gasteiger partial charge in [0, 0.05) is 11.0 Å². The third-order valence-electron chi connectivity index (χ3n) is 2.09. The van der Waals surface area contributed by atoms with Crippen molar-refractivity contribution >= 4 is 18.7 Å². The Morgan fingerprint density at radius 1 is 1.83 bits per heavy atom. The van der Waals surface area contributed by atoms with Gasteiger partial charge >= 0.3 is 6.09 Å². The van der Waals surface area contributed by atoms with Crippen LogP contribution in [0.25, 0.3) is 0 Å². The molecule has 0 aromatic rings. The molecule has 3 nitrogen and oxygen atoms in total. The van der Waals surface area contributed by atoms with Crippen LogP contribution in [0.2, 0.25) is 0 Å². The third-order valence-corrected chi connectivity index (χ3v) is 2.39. The monoisotopic (exact) mass is 185 g/mol. The molecule has 0 bridgehead atoms. The Hall–Kier alpha value is -0.870. The zero-order chi connectivity index (χ0) is 9.19. The molecule has 1 aliphatic rings. The van der Waals surface area contributed by atoms with Crippen molar-refractivity contribution in [3.63, 3.8) is 0 Å². The molecule has 1 aliphatic heterocycles. The van der Waals surface area contributed by atoms with Crippen molar-refractivity contribution in [1.82, 2.24) is 0 Å². The first-order valence-electron chi connectivity index (χ1n) is 3.77. The lowest BCUT2D eigenvalue weighted by molar-refractivity contribution is -0.798. The van der Waals surface area contributed by atoms with E-state index in [1.165, 1.54) is 0 Å². The van der Waals surface area contributed by atoms with Gasteiger partial charge in [0.2, 0.25) is 0 Å². The topological polar surface area (TPSA) is 37.3 Å². The van der Waals surface area contributed by atoms with E-state index in [4.69, 9.17) is 17.7 Å². The Balaban J connectivity index is 2.88. The second kappa shape index (κ2) is 3.25. The van der Waals surface area contributed by atoms with Gasteiger partial charge in [0.1, 0.15) is 12.7 Å². The van der Waals surface area contributed by atoms with Crippen LogP contribution in [-0.4, -0.2) is 28.8 Å². The van der Waals surface area contributed by atoms with Gasteiger partial charge in [-0.1, -0.05) is 12.6 Å². The van der Waals surface area contributed by atoms with Crippen molar-refractivity contribution < 1.29 is 14.4 Å². The fourth-order valence-corrected chi connectivity index (χ4v) is 1.24. The number of allylic oxidation sites excluding steroid dienone is 1. The lowest BCUT2D eigenvalue weighted by Crippen LogP contribution is -2.48. The molecule has 0 saturated heterocycles. The van der Waals surface area contributed by atoms with E-state index >= 15 is 0 Å². The minimum Gasteiger partial charge on any atom is -0.435 e. The summed E-state index contributed by atoms with van der Waals surface area (Å²) in [4.78, 5) is 11.6. The molecule has 0 aromatic heterocycles. The molecule has 1 atom stereocenters. The molecule has 1 N–H and O–H groups in total. The third kappa shape index (κ3) is 1.49. The predicted octanol–water partition coefficient (Wildman–Crippen LogP) is 2.11. The Labute approximate surface area is 77.0 Å². The average molecular weight is 185 g/mol. The van der Waals surface area contributed by atoms with Gasteiger partial charge in [0.05, 0.1) is 6.54 Å². The number of hydrogen-bond donors (Lipinski definition) is 1. The summed E-state index contributed by atoms with van der Waals surface area (Å²) in [6, 6.07) is 0.